The number of nitriles is 1. The summed E-state index contributed by atoms with van der Waals surface area (Å²) < 4.78 is 1.32. The van der Waals surface area contributed by atoms with Crippen LogP contribution in [0.15, 0.2) is 64.8 Å². The lowest BCUT2D eigenvalue weighted by Crippen LogP contribution is -2.06. The first-order valence-electron chi connectivity index (χ1n) is 8.50. The van der Waals surface area contributed by atoms with Gasteiger partial charge in [0.25, 0.3) is 0 Å². The van der Waals surface area contributed by atoms with E-state index in [1.807, 2.05) is 61.5 Å². The fourth-order valence-corrected chi connectivity index (χ4v) is 2.80. The number of hydrogen-bond acceptors (Lipinski definition) is 7. The summed E-state index contributed by atoms with van der Waals surface area (Å²) in [6.07, 6.45) is 0. The van der Waals surface area contributed by atoms with Crippen LogP contribution in [0.1, 0.15) is 11.1 Å². The first-order chi connectivity index (χ1) is 13.6. The molecule has 0 fully saturated rings. The lowest BCUT2D eigenvalue weighted by molar-refractivity contribution is 0.955. The monoisotopic (exact) mass is 368 g/mol. The minimum absolute atomic E-state index is 0.129. The molecule has 0 spiro atoms. The highest BCUT2D eigenvalue weighted by Gasteiger charge is 2.20. The van der Waals surface area contributed by atoms with Crippen molar-refractivity contribution in [3.05, 3.63) is 65.7 Å². The molecule has 0 saturated carbocycles. The van der Waals surface area contributed by atoms with Gasteiger partial charge in [-0.1, -0.05) is 48.0 Å². The Bertz CT molecular complexity index is 1230. The first kappa shape index (κ1) is 17.2. The average molecular weight is 368 g/mol. The summed E-state index contributed by atoms with van der Waals surface area (Å²) in [5.41, 5.74) is 16.1. The van der Waals surface area contributed by atoms with Gasteiger partial charge >= 0.3 is 0 Å². The third-order valence-electron chi connectivity index (χ3n) is 4.26. The molecule has 28 heavy (non-hydrogen) atoms. The summed E-state index contributed by atoms with van der Waals surface area (Å²) in [5, 5.41) is 22.2. The molecule has 4 aromatic rings. The third-order valence-corrected chi connectivity index (χ3v) is 4.26. The van der Waals surface area contributed by atoms with Crippen LogP contribution >= 0.6 is 0 Å². The average Bonchev–Trinajstić information content (AvgIpc) is 3.04. The number of fused-ring (bicyclic) bond motifs is 1. The molecule has 0 atom stereocenters. The van der Waals surface area contributed by atoms with Crippen molar-refractivity contribution in [3.63, 3.8) is 0 Å². The van der Waals surface area contributed by atoms with Crippen LogP contribution < -0.4 is 11.5 Å². The number of aromatic nitrogens is 3. The first-order valence-corrected chi connectivity index (χ1v) is 8.50. The number of anilines is 2. The smallest absolute Gasteiger partial charge is 0.188 e. The van der Waals surface area contributed by atoms with E-state index in [0.717, 1.165) is 11.1 Å². The van der Waals surface area contributed by atoms with Crippen LogP contribution in [0, 0.1) is 18.3 Å². The highest BCUT2D eigenvalue weighted by atomic mass is 15.3. The van der Waals surface area contributed by atoms with E-state index in [1.165, 1.54) is 4.52 Å². The summed E-state index contributed by atoms with van der Waals surface area (Å²) in [7, 11) is 0. The predicted octanol–water partition coefficient (Wildman–Crippen LogP) is 4.16. The van der Waals surface area contributed by atoms with E-state index >= 15 is 0 Å². The maximum Gasteiger partial charge on any atom is 0.188 e. The van der Waals surface area contributed by atoms with Gasteiger partial charge in [0, 0.05) is 5.56 Å². The van der Waals surface area contributed by atoms with E-state index in [0.29, 0.717) is 22.7 Å². The molecule has 4 N–H and O–H groups in total. The molecule has 0 aliphatic heterocycles. The van der Waals surface area contributed by atoms with Gasteiger partial charge in [0.15, 0.2) is 17.2 Å². The second-order valence-corrected chi connectivity index (χ2v) is 6.20. The van der Waals surface area contributed by atoms with Gasteiger partial charge in [0.2, 0.25) is 0 Å². The second-order valence-electron chi connectivity index (χ2n) is 6.20. The number of aryl methyl sites for hydroxylation is 1. The highest BCUT2D eigenvalue weighted by molar-refractivity contribution is 5.82. The normalized spacial score (nSPS) is 11.1. The Kier molecular flexibility index (Phi) is 4.18. The molecule has 136 valence electrons. The molecule has 0 unspecified atom stereocenters. The number of hydrogen-bond donors (Lipinski definition) is 2. The van der Waals surface area contributed by atoms with Crippen molar-refractivity contribution in [2.24, 2.45) is 10.2 Å². The third kappa shape index (κ3) is 2.91. The van der Waals surface area contributed by atoms with Gasteiger partial charge in [-0.2, -0.15) is 14.9 Å². The zero-order valence-corrected chi connectivity index (χ0v) is 15.0. The maximum atomic E-state index is 9.59. The molecule has 0 radical (unpaired) electrons. The molecule has 0 amide bonds. The van der Waals surface area contributed by atoms with E-state index in [4.69, 9.17) is 11.5 Å². The lowest BCUT2D eigenvalue weighted by Gasteiger charge is -2.08. The fraction of sp³-hybridized carbons (Fsp3) is 0.0500. The van der Waals surface area contributed by atoms with Crippen molar-refractivity contribution in [3.8, 4) is 17.3 Å². The minimum atomic E-state index is 0.129. The molecule has 0 aliphatic carbocycles. The van der Waals surface area contributed by atoms with Gasteiger partial charge in [-0.3, -0.25) is 0 Å². The predicted molar refractivity (Wildman–Crippen MR) is 107 cm³/mol. The van der Waals surface area contributed by atoms with Crippen LogP contribution in [-0.2, 0) is 0 Å². The van der Waals surface area contributed by atoms with E-state index in [1.54, 1.807) is 0 Å². The zero-order valence-electron chi connectivity index (χ0n) is 15.0. The molecule has 0 saturated heterocycles. The minimum Gasteiger partial charge on any atom is -0.382 e. The number of nitrogens with two attached hydrogens (primary N) is 2. The molecule has 2 aromatic heterocycles. The molecule has 8 heteroatoms. The molecule has 4 rings (SSSR count). The van der Waals surface area contributed by atoms with Crippen LogP contribution in [-0.4, -0.2) is 14.6 Å². The maximum absolute atomic E-state index is 9.59. The Morgan fingerprint density at radius 2 is 1.71 bits per heavy atom. The van der Waals surface area contributed by atoms with Crippen LogP contribution in [0.5, 0.6) is 0 Å². The number of azo groups is 1. The summed E-state index contributed by atoms with van der Waals surface area (Å²) in [6.45, 7) is 1.99. The standard InChI is InChI=1S/C20H16N8/c1-12-7-9-14(10-8-12)25-26-17-18(22)27-28-19(23)15(11-21)16(24-20(17)28)13-5-3-2-4-6-13/h2-10H,23H2,1H3,(H2,22,27). The van der Waals surface area contributed by atoms with Gasteiger partial charge in [-0.25, -0.2) is 4.98 Å². The van der Waals surface area contributed by atoms with Gasteiger partial charge in [-0.15, -0.1) is 10.2 Å². The number of benzene rings is 2. The SMILES string of the molecule is Cc1ccc(N=Nc2c(N)nn3c(N)c(C#N)c(-c4ccccc4)nc23)cc1. The topological polar surface area (TPSA) is 131 Å². The Morgan fingerprint density at radius 3 is 2.39 bits per heavy atom. The number of nitrogen functional groups attached to an aromatic ring is 2. The summed E-state index contributed by atoms with van der Waals surface area (Å²) in [5.74, 6) is 0.277. The van der Waals surface area contributed by atoms with Gasteiger partial charge in [0.05, 0.1) is 11.4 Å². The fourth-order valence-electron chi connectivity index (χ4n) is 2.80. The summed E-state index contributed by atoms with van der Waals surface area (Å²) >= 11 is 0. The Labute approximate surface area is 160 Å². The van der Waals surface area contributed by atoms with Crippen LogP contribution in [0.25, 0.3) is 16.9 Å². The van der Waals surface area contributed by atoms with Crippen molar-refractivity contribution < 1.29 is 0 Å². The molecule has 0 aliphatic rings. The highest BCUT2D eigenvalue weighted by Crippen LogP contribution is 2.34. The summed E-state index contributed by atoms with van der Waals surface area (Å²) in [6, 6.07) is 19.0. The van der Waals surface area contributed by atoms with E-state index in [2.05, 4.69) is 26.4 Å². The molecular weight excluding hydrogens is 352 g/mol. The Morgan fingerprint density at radius 1 is 1.00 bits per heavy atom. The second kappa shape index (κ2) is 6.81. The zero-order chi connectivity index (χ0) is 19.7. The van der Waals surface area contributed by atoms with Gasteiger partial charge in [-0.05, 0) is 19.1 Å². The molecule has 0 bridgehead atoms. The quantitative estimate of drug-likeness (QED) is 0.524. The van der Waals surface area contributed by atoms with E-state index in [9.17, 15) is 5.26 Å². The molecule has 2 aromatic carbocycles. The van der Waals surface area contributed by atoms with Crippen LogP contribution in [0.3, 0.4) is 0 Å². The van der Waals surface area contributed by atoms with Gasteiger partial charge in [0.1, 0.15) is 17.5 Å². The van der Waals surface area contributed by atoms with E-state index in [-0.39, 0.29) is 17.2 Å². The Balaban J connectivity index is 1.91. The lowest BCUT2D eigenvalue weighted by atomic mass is 10.1. The Hall–Kier alpha value is -4.25. The van der Waals surface area contributed by atoms with Crippen molar-refractivity contribution in [1.29, 1.82) is 5.26 Å². The number of rotatable bonds is 3. The van der Waals surface area contributed by atoms with Gasteiger partial charge < -0.3 is 11.5 Å². The van der Waals surface area contributed by atoms with Crippen molar-refractivity contribution in [1.82, 2.24) is 14.6 Å². The van der Waals surface area contributed by atoms with Crippen molar-refractivity contribution in [2.75, 3.05) is 11.5 Å². The largest absolute Gasteiger partial charge is 0.382 e. The van der Waals surface area contributed by atoms with Crippen LogP contribution in [0.4, 0.5) is 23.0 Å². The van der Waals surface area contributed by atoms with Crippen molar-refractivity contribution in [2.45, 2.75) is 6.92 Å². The van der Waals surface area contributed by atoms with Crippen LogP contribution in [0.2, 0.25) is 0 Å². The van der Waals surface area contributed by atoms with Crippen molar-refractivity contribution >= 4 is 28.7 Å². The molecular formula is C20H16N8. The summed E-state index contributed by atoms with van der Waals surface area (Å²) in [4.78, 5) is 4.59. The van der Waals surface area contributed by atoms with E-state index < -0.39 is 0 Å². The number of nitrogens with zero attached hydrogens (tertiary/aromatic N) is 6. The molecule has 8 nitrogen and oxygen atoms in total. The molecule has 2 heterocycles.